The summed E-state index contributed by atoms with van der Waals surface area (Å²) < 4.78 is 2.46. The molecule has 0 radical (unpaired) electrons. The Hall–Kier alpha value is -8.98. The molecular formula is C70H50N2. The van der Waals surface area contributed by atoms with Gasteiger partial charge >= 0.3 is 0 Å². The lowest BCUT2D eigenvalue weighted by Gasteiger charge is -2.33. The van der Waals surface area contributed by atoms with Gasteiger partial charge in [0.2, 0.25) is 0 Å². The lowest BCUT2D eigenvalue weighted by Crippen LogP contribution is -2.28. The van der Waals surface area contributed by atoms with Crippen LogP contribution >= 0.6 is 0 Å². The van der Waals surface area contributed by atoms with Gasteiger partial charge in [0.15, 0.2) is 0 Å². The molecule has 2 aliphatic carbocycles. The van der Waals surface area contributed by atoms with E-state index in [1.807, 2.05) is 0 Å². The third-order valence-corrected chi connectivity index (χ3v) is 15.9. The summed E-state index contributed by atoms with van der Waals surface area (Å²) in [6.07, 6.45) is 0. The number of benzene rings is 11. The Morgan fingerprint density at radius 3 is 1.65 bits per heavy atom. The van der Waals surface area contributed by atoms with Crippen LogP contribution < -0.4 is 4.90 Å². The second-order valence-electron chi connectivity index (χ2n) is 20.0. The molecule has 0 N–H and O–H groups in total. The normalized spacial score (nSPS) is 13.6. The fourth-order valence-corrected chi connectivity index (χ4v) is 12.6. The molecule has 0 spiro atoms. The highest BCUT2D eigenvalue weighted by molar-refractivity contribution is 6.11. The fraction of sp³-hybridized carbons (Fsp3) is 0.0571. The summed E-state index contributed by atoms with van der Waals surface area (Å²) in [6.45, 7) is 4.72. The minimum absolute atomic E-state index is 0.114. The van der Waals surface area contributed by atoms with Gasteiger partial charge in [-0.15, -0.1) is 0 Å². The summed E-state index contributed by atoms with van der Waals surface area (Å²) in [7, 11) is 0. The molecule has 1 aromatic heterocycles. The highest BCUT2D eigenvalue weighted by Gasteiger charge is 2.46. The van der Waals surface area contributed by atoms with Gasteiger partial charge in [-0.2, -0.15) is 0 Å². The van der Waals surface area contributed by atoms with E-state index in [4.69, 9.17) is 0 Å². The van der Waals surface area contributed by atoms with Gasteiger partial charge in [0.1, 0.15) is 0 Å². The fourth-order valence-electron chi connectivity index (χ4n) is 12.6. The van der Waals surface area contributed by atoms with Gasteiger partial charge in [-0.1, -0.05) is 214 Å². The highest BCUT2D eigenvalue weighted by Crippen LogP contribution is 2.57. The predicted octanol–water partition coefficient (Wildman–Crippen LogP) is 18.3. The zero-order valence-corrected chi connectivity index (χ0v) is 40.3. The zero-order chi connectivity index (χ0) is 48.0. The van der Waals surface area contributed by atoms with Gasteiger partial charge in [-0.25, -0.2) is 0 Å². The number of anilines is 3. The molecule has 340 valence electrons. The van der Waals surface area contributed by atoms with Crippen molar-refractivity contribution in [3.8, 4) is 50.2 Å². The summed E-state index contributed by atoms with van der Waals surface area (Å²) in [5.41, 5.74) is 24.2. The Morgan fingerprint density at radius 1 is 0.319 bits per heavy atom. The molecule has 72 heavy (non-hydrogen) atoms. The average molecular weight is 919 g/mol. The number of hydrogen-bond donors (Lipinski definition) is 0. The average Bonchev–Trinajstić information content (AvgIpc) is 4.02. The van der Waals surface area contributed by atoms with Crippen LogP contribution in [0.5, 0.6) is 0 Å². The first kappa shape index (κ1) is 41.9. The van der Waals surface area contributed by atoms with Crippen LogP contribution in [-0.4, -0.2) is 4.57 Å². The van der Waals surface area contributed by atoms with Crippen molar-refractivity contribution in [2.75, 3.05) is 4.90 Å². The van der Waals surface area contributed by atoms with Gasteiger partial charge in [-0.05, 0) is 139 Å². The van der Waals surface area contributed by atoms with Crippen LogP contribution in [0.1, 0.15) is 47.2 Å². The predicted molar refractivity (Wildman–Crippen MR) is 301 cm³/mol. The maximum Gasteiger partial charge on any atom is 0.0713 e. The van der Waals surface area contributed by atoms with Crippen molar-refractivity contribution in [1.82, 2.24) is 4.57 Å². The second kappa shape index (κ2) is 16.3. The van der Waals surface area contributed by atoms with Crippen molar-refractivity contribution in [3.05, 3.63) is 300 Å². The van der Waals surface area contributed by atoms with E-state index in [2.05, 4.69) is 290 Å². The van der Waals surface area contributed by atoms with Crippen LogP contribution in [0.4, 0.5) is 17.1 Å². The molecule has 2 heteroatoms. The van der Waals surface area contributed by atoms with E-state index in [-0.39, 0.29) is 5.41 Å². The summed E-state index contributed by atoms with van der Waals surface area (Å²) in [4.78, 5) is 2.43. The van der Waals surface area contributed by atoms with Crippen molar-refractivity contribution in [2.45, 2.75) is 24.7 Å². The molecule has 0 saturated carbocycles. The SMILES string of the molecule is CC1(C)c2ccccc2-c2ccc(N(c3ccccc3)c3ccccc3-c3cccc(-c4ccc5c(c4)c4ccccc4n5-c4ccc5c(c4)-c4ccccc4C5(c4ccccc4)c4ccccc4)c3)cc21. The van der Waals surface area contributed by atoms with Crippen molar-refractivity contribution < 1.29 is 0 Å². The smallest absolute Gasteiger partial charge is 0.0713 e. The monoisotopic (exact) mass is 918 g/mol. The van der Waals surface area contributed by atoms with Crippen molar-refractivity contribution in [1.29, 1.82) is 0 Å². The van der Waals surface area contributed by atoms with Crippen LogP contribution in [-0.2, 0) is 10.8 Å². The summed E-state index contributed by atoms with van der Waals surface area (Å²) >= 11 is 0. The van der Waals surface area contributed by atoms with E-state index in [0.717, 1.165) is 22.7 Å². The maximum absolute atomic E-state index is 2.46. The first-order valence-electron chi connectivity index (χ1n) is 25.2. The molecule has 14 rings (SSSR count). The zero-order valence-electron chi connectivity index (χ0n) is 40.3. The van der Waals surface area contributed by atoms with E-state index in [9.17, 15) is 0 Å². The number of hydrogen-bond acceptors (Lipinski definition) is 1. The van der Waals surface area contributed by atoms with Crippen LogP contribution in [0.3, 0.4) is 0 Å². The summed E-state index contributed by atoms with van der Waals surface area (Å²) in [5.74, 6) is 0. The van der Waals surface area contributed by atoms with Crippen LogP contribution in [0, 0.1) is 0 Å². The Labute approximate surface area is 421 Å². The number of rotatable bonds is 8. The maximum atomic E-state index is 2.46. The molecule has 0 aliphatic heterocycles. The molecular weight excluding hydrogens is 869 g/mol. The molecule has 12 aromatic rings. The number of aromatic nitrogens is 1. The van der Waals surface area contributed by atoms with Crippen LogP contribution in [0.2, 0.25) is 0 Å². The molecule has 0 fully saturated rings. The van der Waals surface area contributed by atoms with Gasteiger partial charge in [0.25, 0.3) is 0 Å². The van der Waals surface area contributed by atoms with Crippen molar-refractivity contribution in [3.63, 3.8) is 0 Å². The molecule has 0 unspecified atom stereocenters. The third-order valence-electron chi connectivity index (χ3n) is 15.9. The molecule has 2 aliphatic rings. The molecule has 0 amide bonds. The molecule has 0 bridgehead atoms. The van der Waals surface area contributed by atoms with E-state index in [0.29, 0.717) is 0 Å². The largest absolute Gasteiger partial charge is 0.310 e. The topological polar surface area (TPSA) is 8.17 Å². The minimum Gasteiger partial charge on any atom is -0.310 e. The summed E-state index contributed by atoms with van der Waals surface area (Å²) in [5, 5.41) is 2.47. The first-order chi connectivity index (χ1) is 35.5. The Morgan fingerprint density at radius 2 is 0.889 bits per heavy atom. The standard InChI is InChI=1S/C70H50N2/c1-69(2)62-33-16-12-30-56(62)58-40-38-54(46-65(58)69)71(52-27-10-5-11-28-52)66-35-18-14-29-55(66)49-22-20-21-47(43-49)48-37-42-68-61(44-48)59-32-15-19-36-67(59)72(68)53-39-41-64-60(45-53)57-31-13-17-34-63(57)70(64,50-23-6-3-7-24-50)51-25-8-4-9-26-51/h3-46H,1-2H3. The second-order valence-corrected chi connectivity index (χ2v) is 20.0. The summed E-state index contributed by atoms with van der Waals surface area (Å²) in [6, 6.07) is 98.9. The van der Waals surface area contributed by atoms with E-state index < -0.39 is 5.41 Å². The Bertz CT molecular complexity index is 4030. The molecule has 2 nitrogen and oxygen atoms in total. The molecule has 1 heterocycles. The van der Waals surface area contributed by atoms with E-state index in [1.54, 1.807) is 0 Å². The van der Waals surface area contributed by atoms with Gasteiger partial charge in [0.05, 0.1) is 22.1 Å². The Balaban J connectivity index is 0.880. The van der Waals surface area contributed by atoms with E-state index in [1.165, 1.54) is 99.7 Å². The quantitative estimate of drug-likeness (QED) is 0.147. The molecule has 0 saturated heterocycles. The first-order valence-corrected chi connectivity index (χ1v) is 25.2. The van der Waals surface area contributed by atoms with Crippen molar-refractivity contribution >= 4 is 38.9 Å². The number of fused-ring (bicyclic) bond motifs is 9. The van der Waals surface area contributed by atoms with Crippen LogP contribution in [0.25, 0.3) is 72.0 Å². The Kier molecular flexibility index (Phi) is 9.50. The molecule has 0 atom stereocenters. The van der Waals surface area contributed by atoms with Gasteiger partial charge < -0.3 is 9.47 Å². The number of nitrogens with zero attached hydrogens (tertiary/aromatic N) is 2. The lowest BCUT2D eigenvalue weighted by molar-refractivity contribution is 0.660. The van der Waals surface area contributed by atoms with Crippen molar-refractivity contribution in [2.24, 2.45) is 0 Å². The van der Waals surface area contributed by atoms with Gasteiger partial charge in [-0.3, -0.25) is 0 Å². The van der Waals surface area contributed by atoms with E-state index >= 15 is 0 Å². The van der Waals surface area contributed by atoms with Gasteiger partial charge in [0, 0.05) is 38.8 Å². The highest BCUT2D eigenvalue weighted by atomic mass is 15.1. The minimum atomic E-state index is -0.441. The van der Waals surface area contributed by atoms with Crippen LogP contribution in [0.15, 0.2) is 267 Å². The third kappa shape index (κ3) is 6.22. The number of para-hydroxylation sites is 3. The molecule has 11 aromatic carbocycles. The lowest BCUT2D eigenvalue weighted by atomic mass is 9.68.